The molecule has 2 saturated heterocycles. The molecule has 9 amide bonds. The van der Waals surface area contributed by atoms with Crippen LogP contribution in [0.5, 0.6) is 5.75 Å². The summed E-state index contributed by atoms with van der Waals surface area (Å²) in [6, 6.07) is -0.267. The van der Waals surface area contributed by atoms with Crippen LogP contribution in [0.4, 0.5) is 0 Å². The fraction of sp³-hybridized carbons (Fsp3) is 0.617. The number of ketones is 1. The molecule has 28 heteroatoms. The SMILES string of the molecule is Cc1ccc(C[C@H](NC(=O)[C@@H]2CCCN2C(=O)[C@@H]2CCCN2C(=O)[C@H](CS)NC(=O)[C@H](CO)NC(=O)C(NC(=O)[C@H](Cc2ccc(O)cc2)NC(=O)[C@H](CCCN=C(N)N)NC(C)C)[C@@H](C)O)C(=O)NC(C(=O)N[C@H](C(=O)C(C)C)C(C)C)[C@@H](C)O)cc1. The molecule has 0 aromatic heterocycles. The summed E-state index contributed by atoms with van der Waals surface area (Å²) in [5, 5.41) is 63.1. The minimum absolute atomic E-state index is 0.0548. The van der Waals surface area contributed by atoms with Crippen molar-refractivity contribution in [2.45, 2.75) is 192 Å². The molecule has 2 fully saturated rings. The smallest absolute Gasteiger partial charge is 0.246 e. The molecule has 4 rings (SSSR count). The van der Waals surface area contributed by atoms with Crippen molar-refractivity contribution in [2.75, 3.05) is 32.0 Å². The Kier molecular flexibility index (Phi) is 29.0. The van der Waals surface area contributed by atoms with Crippen LogP contribution >= 0.6 is 12.6 Å². The molecule has 16 N–H and O–H groups in total. The number of rotatable bonds is 33. The number of hydrogen-bond donors (Lipinski definition) is 15. The number of hydrogen-bond acceptors (Lipinski definition) is 17. The number of phenolic OH excluding ortho intramolecular Hbond substituents is 1. The number of carbonyl (C=O) groups excluding carboxylic acids is 10. The van der Waals surface area contributed by atoms with Crippen LogP contribution in [0.25, 0.3) is 0 Å². The number of amides is 9. The van der Waals surface area contributed by atoms with Gasteiger partial charge in [-0.1, -0.05) is 83.5 Å². The molecule has 0 bridgehead atoms. The van der Waals surface area contributed by atoms with Crippen molar-refractivity contribution < 1.29 is 68.4 Å². The largest absolute Gasteiger partial charge is 0.508 e. The van der Waals surface area contributed by atoms with Gasteiger partial charge in [0.25, 0.3) is 0 Å². The van der Waals surface area contributed by atoms with E-state index < -0.39 is 138 Å². The van der Waals surface area contributed by atoms with Gasteiger partial charge in [-0.3, -0.25) is 52.9 Å². The molecule has 0 saturated carbocycles. The Morgan fingerprint density at radius 1 is 0.602 bits per heavy atom. The van der Waals surface area contributed by atoms with Gasteiger partial charge in [-0.2, -0.15) is 12.6 Å². The Balaban J connectivity index is 1.48. The lowest BCUT2D eigenvalue weighted by Crippen LogP contribution is -2.62. The van der Waals surface area contributed by atoms with E-state index in [-0.39, 0.29) is 86.9 Å². The molecular weight excluding hydrogens is 1160 g/mol. The van der Waals surface area contributed by atoms with Crippen molar-refractivity contribution in [1.82, 2.24) is 52.3 Å². The van der Waals surface area contributed by atoms with E-state index in [0.29, 0.717) is 30.4 Å². The van der Waals surface area contributed by atoms with E-state index >= 15 is 0 Å². The van der Waals surface area contributed by atoms with Crippen LogP contribution in [-0.2, 0) is 60.8 Å². The number of Topliss-reactive ketones (excluding diaryl/α,β-unsaturated/α-hetero) is 1. The minimum atomic E-state index is -1.77. The highest BCUT2D eigenvalue weighted by atomic mass is 32.1. The standard InChI is InChI=1S/C60H93N13O14S/c1-31(2)47(50(78)32(3)4)69-57(85)49(36(9)76)71-53(81)42(27-37-18-16-34(7)17-19-37)66-55(83)45-14-11-25-72(45)59(87)46-15-12-26-73(46)58(86)44(30-88)68-54(82)43(29-74)67-56(84)48(35(8)75)70-52(80)41(28-38-20-22-39(77)23-21-38)65-51(79)40(64-33(5)6)13-10-24-63-60(61)62/h16-23,31-33,35-36,40-49,64,74-77,88H,10-15,24-30H2,1-9H3,(H,65,79)(H,66,83)(H,67,84)(H,68,82)(H,69,85)(H,70,80)(H,71,81)(H4,61,62,63)/t35-,36-,40+,41+,42+,43+,44+,45+,46+,47+,48?,49?/m1/s1. The quantitative estimate of drug-likeness (QED) is 0.0157. The van der Waals surface area contributed by atoms with Gasteiger partial charge >= 0.3 is 0 Å². The molecule has 2 aromatic rings. The number of thiol groups is 1. The Hall–Kier alpha value is -7.40. The van der Waals surface area contributed by atoms with Gasteiger partial charge in [0.05, 0.1) is 30.9 Å². The predicted molar refractivity (Wildman–Crippen MR) is 331 cm³/mol. The van der Waals surface area contributed by atoms with Crippen molar-refractivity contribution in [3.8, 4) is 5.75 Å². The molecule has 0 radical (unpaired) electrons. The zero-order chi connectivity index (χ0) is 65.7. The summed E-state index contributed by atoms with van der Waals surface area (Å²) < 4.78 is 0. The first-order valence-electron chi connectivity index (χ1n) is 30.0. The van der Waals surface area contributed by atoms with Gasteiger partial charge in [-0.05, 0) is 88.5 Å². The molecule has 12 atom stereocenters. The maximum atomic E-state index is 14.6. The number of nitrogens with two attached hydrogens (primary N) is 2. The lowest BCUT2D eigenvalue weighted by Gasteiger charge is -2.33. The van der Waals surface area contributed by atoms with Gasteiger partial charge in [0.1, 0.15) is 54.1 Å². The highest BCUT2D eigenvalue weighted by Crippen LogP contribution is 2.26. The first-order chi connectivity index (χ1) is 41.5. The summed E-state index contributed by atoms with van der Waals surface area (Å²) in [6.45, 7) is 14.3. The van der Waals surface area contributed by atoms with Crippen LogP contribution in [0.15, 0.2) is 53.5 Å². The average molecular weight is 1250 g/mol. The summed E-state index contributed by atoms with van der Waals surface area (Å²) >= 11 is 4.32. The third-order valence-electron chi connectivity index (χ3n) is 15.2. The number of nitrogens with one attached hydrogen (secondary N) is 8. The van der Waals surface area contributed by atoms with Gasteiger partial charge in [0.15, 0.2) is 11.7 Å². The summed E-state index contributed by atoms with van der Waals surface area (Å²) in [7, 11) is 0. The first kappa shape index (κ1) is 73.1. The lowest BCUT2D eigenvalue weighted by molar-refractivity contribution is -0.148. The van der Waals surface area contributed by atoms with E-state index in [9.17, 15) is 68.4 Å². The van der Waals surface area contributed by atoms with Gasteiger partial charge in [0.2, 0.25) is 53.2 Å². The Morgan fingerprint density at radius 2 is 1.07 bits per heavy atom. The third-order valence-corrected chi connectivity index (χ3v) is 15.6. The minimum Gasteiger partial charge on any atom is -0.508 e. The van der Waals surface area contributed by atoms with E-state index in [1.165, 1.54) is 47.9 Å². The van der Waals surface area contributed by atoms with Crippen LogP contribution in [-0.4, -0.2) is 206 Å². The zero-order valence-electron chi connectivity index (χ0n) is 51.8. The maximum absolute atomic E-state index is 14.6. The van der Waals surface area contributed by atoms with Crippen molar-refractivity contribution in [3.63, 3.8) is 0 Å². The normalized spacial score (nSPS) is 18.3. The number of phenols is 1. The second-order valence-electron chi connectivity index (χ2n) is 23.6. The second kappa shape index (κ2) is 35.0. The van der Waals surface area contributed by atoms with Crippen LogP contribution < -0.4 is 54.0 Å². The fourth-order valence-corrected chi connectivity index (χ4v) is 10.6. The van der Waals surface area contributed by atoms with Crippen LogP contribution in [0.3, 0.4) is 0 Å². The number of nitrogens with zero attached hydrogens (tertiary/aromatic N) is 3. The highest BCUT2D eigenvalue weighted by Gasteiger charge is 2.45. The van der Waals surface area contributed by atoms with Crippen molar-refractivity contribution >= 4 is 77.5 Å². The summed E-state index contributed by atoms with van der Waals surface area (Å²) in [5.74, 6) is -8.77. The number of aliphatic hydroxyl groups excluding tert-OH is 3. The summed E-state index contributed by atoms with van der Waals surface area (Å²) in [6.07, 6.45) is -1.46. The van der Waals surface area contributed by atoms with Crippen molar-refractivity contribution in [2.24, 2.45) is 28.3 Å². The molecule has 2 aliphatic heterocycles. The molecular formula is C60H93N13O14S. The first-order valence-corrected chi connectivity index (χ1v) is 30.6. The molecule has 2 heterocycles. The van der Waals surface area contributed by atoms with Gasteiger partial charge in [0, 0.05) is 50.2 Å². The third kappa shape index (κ3) is 21.7. The Labute approximate surface area is 519 Å². The van der Waals surface area contributed by atoms with E-state index in [1.807, 2.05) is 32.9 Å². The predicted octanol–water partition coefficient (Wildman–Crippen LogP) is -2.15. The van der Waals surface area contributed by atoms with Crippen LogP contribution in [0.1, 0.15) is 111 Å². The van der Waals surface area contributed by atoms with E-state index in [1.54, 1.807) is 39.8 Å². The zero-order valence-corrected chi connectivity index (χ0v) is 52.7. The number of aliphatic hydroxyl groups is 3. The lowest BCUT2D eigenvalue weighted by atomic mass is 9.92. The van der Waals surface area contributed by atoms with E-state index in [2.05, 4.69) is 60.2 Å². The number of aromatic hydroxyl groups is 1. The number of aliphatic imine (C=N–C) groups is 1. The molecule has 0 spiro atoms. The highest BCUT2D eigenvalue weighted by molar-refractivity contribution is 7.80. The molecule has 2 aromatic carbocycles. The van der Waals surface area contributed by atoms with Crippen LogP contribution in [0, 0.1) is 18.8 Å². The topological polar surface area (TPSA) is 419 Å². The molecule has 27 nitrogen and oxygen atoms in total. The molecule has 88 heavy (non-hydrogen) atoms. The number of aryl methyl sites for hydroxylation is 1. The summed E-state index contributed by atoms with van der Waals surface area (Å²) in [4.78, 5) is 146. The Bertz CT molecular complexity index is 2750. The number of benzene rings is 2. The molecule has 2 unspecified atom stereocenters. The monoisotopic (exact) mass is 1250 g/mol. The van der Waals surface area contributed by atoms with Gasteiger partial charge < -0.3 is 84.2 Å². The molecule has 2 aliphatic rings. The maximum Gasteiger partial charge on any atom is 0.246 e. The van der Waals surface area contributed by atoms with Crippen LogP contribution in [0.2, 0.25) is 0 Å². The van der Waals surface area contributed by atoms with Gasteiger partial charge in [-0.15, -0.1) is 0 Å². The number of guanidine groups is 1. The fourth-order valence-electron chi connectivity index (χ4n) is 10.4. The Morgan fingerprint density at radius 3 is 1.57 bits per heavy atom. The molecule has 0 aliphatic carbocycles. The van der Waals surface area contributed by atoms with Crippen molar-refractivity contribution in [3.05, 3.63) is 65.2 Å². The van der Waals surface area contributed by atoms with Crippen molar-refractivity contribution in [1.29, 1.82) is 0 Å². The second-order valence-corrected chi connectivity index (χ2v) is 24.0. The molecule has 488 valence electrons. The van der Waals surface area contributed by atoms with E-state index in [0.717, 1.165) is 5.56 Å². The number of carbonyl (C=O) groups is 10. The average Bonchev–Trinajstić information content (AvgIpc) is 3.87. The summed E-state index contributed by atoms with van der Waals surface area (Å²) in [5.41, 5.74) is 13.0. The van der Waals surface area contributed by atoms with Gasteiger partial charge in [-0.25, -0.2) is 0 Å². The van der Waals surface area contributed by atoms with E-state index in [4.69, 9.17) is 11.5 Å². The number of likely N-dealkylation sites (tertiary alicyclic amines) is 2.